The third-order valence-electron chi connectivity index (χ3n) is 4.98. The highest BCUT2D eigenvalue weighted by molar-refractivity contribution is 7.89. The molecule has 0 aliphatic carbocycles. The van der Waals surface area contributed by atoms with Gasteiger partial charge in [0.2, 0.25) is 21.8 Å². The number of sulfonamides is 1. The predicted molar refractivity (Wildman–Crippen MR) is 111 cm³/mol. The summed E-state index contributed by atoms with van der Waals surface area (Å²) in [7, 11) is -3.72. The Morgan fingerprint density at radius 2 is 2.00 bits per heavy atom. The molecule has 0 radical (unpaired) electrons. The number of hydrogen-bond donors (Lipinski definition) is 2. The normalized spacial score (nSPS) is 18.5. The SMILES string of the molecule is C[C@H](NC(=O)C1CCCN(S(=O)(=O)c2ccc(Cl)cc2)C1)C(=O)NCc1ccco1. The number of nitrogens with one attached hydrogen (secondary N) is 2. The standard InChI is InChI=1S/C20H24ClN3O5S/c1-14(19(25)22-12-17-5-3-11-29-17)23-20(26)15-4-2-10-24(13-15)30(27,28)18-8-6-16(21)7-9-18/h3,5-9,11,14-15H,2,4,10,12-13H2,1H3,(H,22,25)(H,23,26)/t14-,15?/m0/s1. The van der Waals surface area contributed by atoms with E-state index in [1.807, 2.05) is 0 Å². The zero-order chi connectivity index (χ0) is 21.7. The van der Waals surface area contributed by atoms with Crippen LogP contribution in [0.25, 0.3) is 0 Å². The summed E-state index contributed by atoms with van der Waals surface area (Å²) >= 11 is 5.84. The van der Waals surface area contributed by atoms with E-state index in [4.69, 9.17) is 16.0 Å². The Morgan fingerprint density at radius 1 is 1.27 bits per heavy atom. The van der Waals surface area contributed by atoms with Gasteiger partial charge >= 0.3 is 0 Å². The van der Waals surface area contributed by atoms with Gasteiger partial charge in [-0.1, -0.05) is 11.6 Å². The highest BCUT2D eigenvalue weighted by Crippen LogP contribution is 2.25. The maximum absolute atomic E-state index is 12.9. The number of amides is 2. The maximum atomic E-state index is 12.9. The molecule has 2 amide bonds. The molecular weight excluding hydrogens is 430 g/mol. The number of piperidine rings is 1. The van der Waals surface area contributed by atoms with E-state index in [0.29, 0.717) is 30.2 Å². The van der Waals surface area contributed by atoms with Crippen molar-refractivity contribution in [3.8, 4) is 0 Å². The molecule has 3 rings (SSSR count). The van der Waals surface area contributed by atoms with Crippen molar-refractivity contribution in [3.05, 3.63) is 53.4 Å². The van der Waals surface area contributed by atoms with Crippen LogP contribution in [-0.4, -0.2) is 43.7 Å². The third kappa shape index (κ3) is 5.41. The van der Waals surface area contributed by atoms with Crippen LogP contribution in [0.15, 0.2) is 52.0 Å². The van der Waals surface area contributed by atoms with Crippen LogP contribution in [0.2, 0.25) is 5.02 Å². The average molecular weight is 454 g/mol. The molecule has 1 aromatic carbocycles. The van der Waals surface area contributed by atoms with E-state index >= 15 is 0 Å². The lowest BCUT2D eigenvalue weighted by atomic mass is 9.98. The topological polar surface area (TPSA) is 109 Å². The zero-order valence-electron chi connectivity index (χ0n) is 16.5. The molecule has 1 unspecified atom stereocenters. The van der Waals surface area contributed by atoms with E-state index < -0.39 is 22.0 Å². The molecular formula is C20H24ClN3O5S. The minimum atomic E-state index is -3.72. The van der Waals surface area contributed by atoms with Crippen molar-refractivity contribution < 1.29 is 22.4 Å². The van der Waals surface area contributed by atoms with Gasteiger partial charge in [-0.25, -0.2) is 8.42 Å². The summed E-state index contributed by atoms with van der Waals surface area (Å²) in [5, 5.41) is 5.81. The molecule has 1 aliphatic rings. The fourth-order valence-corrected chi connectivity index (χ4v) is 4.92. The minimum absolute atomic E-state index is 0.0670. The number of rotatable bonds is 7. The number of carbonyl (C=O) groups is 2. The van der Waals surface area contributed by atoms with Crippen molar-refractivity contribution in [1.29, 1.82) is 0 Å². The smallest absolute Gasteiger partial charge is 0.243 e. The fraction of sp³-hybridized carbons (Fsp3) is 0.400. The quantitative estimate of drug-likeness (QED) is 0.667. The second-order valence-electron chi connectivity index (χ2n) is 7.18. The van der Waals surface area contributed by atoms with E-state index in [9.17, 15) is 18.0 Å². The molecule has 2 N–H and O–H groups in total. The first kappa shape index (κ1) is 22.3. The van der Waals surface area contributed by atoms with Gasteiger partial charge in [0.05, 0.1) is 23.6 Å². The van der Waals surface area contributed by atoms with Crippen molar-refractivity contribution in [3.63, 3.8) is 0 Å². The summed E-state index contributed by atoms with van der Waals surface area (Å²) in [6.45, 7) is 2.22. The number of halogens is 1. The first-order valence-corrected chi connectivity index (χ1v) is 11.5. The van der Waals surface area contributed by atoms with Crippen molar-refractivity contribution in [2.24, 2.45) is 5.92 Å². The summed E-state index contributed by atoms with van der Waals surface area (Å²) in [5.41, 5.74) is 0. The molecule has 0 bridgehead atoms. The lowest BCUT2D eigenvalue weighted by Gasteiger charge is -2.31. The molecule has 1 saturated heterocycles. The van der Waals surface area contributed by atoms with Crippen LogP contribution in [0.5, 0.6) is 0 Å². The van der Waals surface area contributed by atoms with Crippen molar-refractivity contribution in [2.75, 3.05) is 13.1 Å². The molecule has 1 aliphatic heterocycles. The van der Waals surface area contributed by atoms with Crippen molar-refractivity contribution in [2.45, 2.75) is 37.2 Å². The second kappa shape index (κ2) is 9.63. The highest BCUT2D eigenvalue weighted by Gasteiger charge is 2.34. The molecule has 2 heterocycles. The first-order chi connectivity index (χ1) is 14.3. The fourth-order valence-electron chi connectivity index (χ4n) is 3.27. The van der Waals surface area contributed by atoms with E-state index in [1.165, 1.54) is 34.8 Å². The van der Waals surface area contributed by atoms with E-state index in [-0.39, 0.29) is 29.8 Å². The Labute approximate surface area is 180 Å². The summed E-state index contributed by atoms with van der Waals surface area (Å²) in [5.74, 6) is -0.605. The molecule has 10 heteroatoms. The highest BCUT2D eigenvalue weighted by atomic mass is 35.5. The van der Waals surface area contributed by atoms with Gasteiger partial charge in [-0.15, -0.1) is 0 Å². The lowest BCUT2D eigenvalue weighted by molar-refractivity contribution is -0.131. The third-order valence-corrected chi connectivity index (χ3v) is 7.11. The Morgan fingerprint density at radius 3 is 2.67 bits per heavy atom. The number of carbonyl (C=O) groups excluding carboxylic acids is 2. The number of benzene rings is 1. The number of nitrogens with zero attached hydrogens (tertiary/aromatic N) is 1. The number of furan rings is 1. The van der Waals surface area contributed by atoms with Crippen molar-refractivity contribution in [1.82, 2.24) is 14.9 Å². The molecule has 0 spiro atoms. The summed E-state index contributed by atoms with van der Waals surface area (Å²) < 4.78 is 32.2. The van der Waals surface area contributed by atoms with Crippen LogP contribution < -0.4 is 10.6 Å². The molecule has 2 aromatic rings. The van der Waals surface area contributed by atoms with Gasteiger partial charge in [0.1, 0.15) is 11.8 Å². The van der Waals surface area contributed by atoms with Gasteiger partial charge in [-0.3, -0.25) is 9.59 Å². The van der Waals surface area contributed by atoms with Gasteiger partial charge in [0, 0.05) is 18.1 Å². The van der Waals surface area contributed by atoms with E-state index in [1.54, 1.807) is 19.1 Å². The van der Waals surface area contributed by atoms with Gasteiger partial charge in [0.15, 0.2) is 0 Å². The van der Waals surface area contributed by atoms with E-state index in [0.717, 1.165) is 0 Å². The molecule has 8 nitrogen and oxygen atoms in total. The first-order valence-electron chi connectivity index (χ1n) is 9.63. The molecule has 1 aromatic heterocycles. The Kier molecular flexibility index (Phi) is 7.17. The van der Waals surface area contributed by atoms with Crippen LogP contribution in [-0.2, 0) is 26.2 Å². The monoisotopic (exact) mass is 453 g/mol. The lowest BCUT2D eigenvalue weighted by Crippen LogP contribution is -2.50. The molecule has 2 atom stereocenters. The second-order valence-corrected chi connectivity index (χ2v) is 9.56. The predicted octanol–water partition coefficient (Wildman–Crippen LogP) is 2.15. The Bertz CT molecular complexity index is 976. The van der Waals surface area contributed by atoms with Gasteiger partial charge in [-0.05, 0) is 56.2 Å². The van der Waals surface area contributed by atoms with Crippen LogP contribution in [0.4, 0.5) is 0 Å². The number of hydrogen-bond acceptors (Lipinski definition) is 5. The van der Waals surface area contributed by atoms with Crippen LogP contribution in [0.1, 0.15) is 25.5 Å². The van der Waals surface area contributed by atoms with Gasteiger partial charge in [0.25, 0.3) is 0 Å². The van der Waals surface area contributed by atoms with Crippen LogP contribution in [0, 0.1) is 5.92 Å². The van der Waals surface area contributed by atoms with Crippen molar-refractivity contribution >= 4 is 33.4 Å². The van der Waals surface area contributed by atoms with Gasteiger partial charge in [-0.2, -0.15) is 4.31 Å². The zero-order valence-corrected chi connectivity index (χ0v) is 18.1. The van der Waals surface area contributed by atoms with Crippen LogP contribution in [0.3, 0.4) is 0 Å². The molecule has 162 valence electrons. The maximum Gasteiger partial charge on any atom is 0.243 e. The molecule has 0 saturated carbocycles. The van der Waals surface area contributed by atoms with Crippen LogP contribution >= 0.6 is 11.6 Å². The summed E-state index contributed by atoms with van der Waals surface area (Å²) in [6, 6.07) is 8.65. The summed E-state index contributed by atoms with van der Waals surface area (Å²) in [4.78, 5) is 25.0. The Hall–Kier alpha value is -2.36. The Balaban J connectivity index is 1.57. The molecule has 1 fully saturated rings. The summed E-state index contributed by atoms with van der Waals surface area (Å²) in [6.07, 6.45) is 2.63. The molecule has 30 heavy (non-hydrogen) atoms. The largest absolute Gasteiger partial charge is 0.467 e. The van der Waals surface area contributed by atoms with E-state index in [2.05, 4.69) is 10.6 Å². The minimum Gasteiger partial charge on any atom is -0.467 e. The van der Waals surface area contributed by atoms with Gasteiger partial charge < -0.3 is 15.1 Å². The average Bonchev–Trinajstić information content (AvgIpc) is 3.26.